The highest BCUT2D eigenvalue weighted by molar-refractivity contribution is 6.33. The lowest BCUT2D eigenvalue weighted by Crippen LogP contribution is -2.36. The van der Waals surface area contributed by atoms with Crippen LogP contribution < -0.4 is 0 Å². The molecule has 0 atom stereocenters. The van der Waals surface area contributed by atoms with E-state index in [9.17, 15) is 9.18 Å². The van der Waals surface area contributed by atoms with Gasteiger partial charge in [-0.2, -0.15) is 0 Å². The van der Waals surface area contributed by atoms with E-state index in [-0.39, 0.29) is 36.9 Å². The number of aliphatic hydroxyl groups excluding tert-OH is 2. The fraction of sp³-hybridized carbons (Fsp3) is 0.364. The van der Waals surface area contributed by atoms with E-state index in [1.807, 2.05) is 0 Å². The van der Waals surface area contributed by atoms with Crippen LogP contribution in [-0.4, -0.2) is 47.3 Å². The monoisotopic (exact) mass is 261 g/mol. The molecule has 0 fully saturated rings. The van der Waals surface area contributed by atoms with Gasteiger partial charge in [0.25, 0.3) is 5.91 Å². The third kappa shape index (κ3) is 3.66. The summed E-state index contributed by atoms with van der Waals surface area (Å²) in [4.78, 5) is 13.2. The fourth-order valence-electron chi connectivity index (χ4n) is 1.39. The molecule has 1 aromatic rings. The minimum absolute atomic E-state index is 0.0101. The van der Waals surface area contributed by atoms with Crippen molar-refractivity contribution in [3.05, 3.63) is 34.6 Å². The number of carbonyl (C=O) groups excluding carboxylic acids is 1. The van der Waals surface area contributed by atoms with Gasteiger partial charge in [-0.05, 0) is 18.2 Å². The highest BCUT2D eigenvalue weighted by Gasteiger charge is 2.17. The number of hydrogen-bond acceptors (Lipinski definition) is 3. The molecule has 0 saturated heterocycles. The second kappa shape index (κ2) is 6.54. The molecule has 0 spiro atoms. The van der Waals surface area contributed by atoms with E-state index in [0.29, 0.717) is 0 Å². The Balaban J connectivity index is 2.92. The smallest absolute Gasteiger partial charge is 0.255 e. The van der Waals surface area contributed by atoms with Gasteiger partial charge in [0.1, 0.15) is 5.82 Å². The van der Waals surface area contributed by atoms with Crippen molar-refractivity contribution in [2.45, 2.75) is 0 Å². The number of amides is 1. The first-order valence-electron chi connectivity index (χ1n) is 5.06. The van der Waals surface area contributed by atoms with Crippen LogP contribution in [-0.2, 0) is 0 Å². The Labute approximate surface area is 103 Å². The molecular formula is C11H13ClFNO3. The molecule has 0 radical (unpaired) electrons. The van der Waals surface area contributed by atoms with E-state index in [1.165, 1.54) is 11.0 Å². The predicted octanol–water partition coefficient (Wildman–Crippen LogP) is 0.906. The molecule has 0 aromatic heterocycles. The Bertz CT molecular complexity index is 394. The van der Waals surface area contributed by atoms with Gasteiger partial charge in [0.15, 0.2) is 0 Å². The zero-order valence-corrected chi connectivity index (χ0v) is 9.82. The van der Waals surface area contributed by atoms with Gasteiger partial charge in [0.05, 0.1) is 23.8 Å². The first-order valence-corrected chi connectivity index (χ1v) is 5.44. The summed E-state index contributed by atoms with van der Waals surface area (Å²) in [5, 5.41) is 17.6. The normalized spacial score (nSPS) is 10.4. The highest BCUT2D eigenvalue weighted by Crippen LogP contribution is 2.18. The van der Waals surface area contributed by atoms with Crippen molar-refractivity contribution in [2.75, 3.05) is 26.3 Å². The van der Waals surface area contributed by atoms with E-state index >= 15 is 0 Å². The summed E-state index contributed by atoms with van der Waals surface area (Å²) in [7, 11) is 0. The molecule has 0 aliphatic rings. The first-order chi connectivity index (χ1) is 8.10. The second-order valence-corrected chi connectivity index (χ2v) is 3.77. The Morgan fingerprint density at radius 2 is 1.88 bits per heavy atom. The van der Waals surface area contributed by atoms with E-state index < -0.39 is 11.7 Å². The lowest BCUT2D eigenvalue weighted by molar-refractivity contribution is 0.0685. The number of nitrogens with zero attached hydrogens (tertiary/aromatic N) is 1. The van der Waals surface area contributed by atoms with Gasteiger partial charge in [-0.25, -0.2) is 4.39 Å². The quantitative estimate of drug-likeness (QED) is 0.828. The van der Waals surface area contributed by atoms with E-state index in [2.05, 4.69) is 0 Å². The minimum atomic E-state index is -0.526. The van der Waals surface area contributed by atoms with Gasteiger partial charge in [-0.1, -0.05) is 11.6 Å². The molecule has 4 nitrogen and oxygen atoms in total. The van der Waals surface area contributed by atoms with Crippen molar-refractivity contribution in [1.82, 2.24) is 4.90 Å². The summed E-state index contributed by atoms with van der Waals surface area (Å²) in [6.45, 7) is -0.255. The van der Waals surface area contributed by atoms with Crippen LogP contribution in [0.3, 0.4) is 0 Å². The van der Waals surface area contributed by atoms with Gasteiger partial charge in [-0.15, -0.1) is 0 Å². The third-order valence-corrected chi connectivity index (χ3v) is 2.50. The zero-order chi connectivity index (χ0) is 12.8. The van der Waals surface area contributed by atoms with Crippen LogP contribution in [0.1, 0.15) is 10.4 Å². The molecule has 0 aliphatic carbocycles. The molecule has 2 N–H and O–H groups in total. The minimum Gasteiger partial charge on any atom is -0.395 e. The Morgan fingerprint density at radius 1 is 1.29 bits per heavy atom. The summed E-state index contributed by atoms with van der Waals surface area (Å²) >= 11 is 5.76. The molecule has 94 valence electrons. The van der Waals surface area contributed by atoms with Crippen LogP contribution in [0.25, 0.3) is 0 Å². The summed E-state index contributed by atoms with van der Waals surface area (Å²) in [6, 6.07) is 3.46. The van der Waals surface area contributed by atoms with Crippen LogP contribution in [0.4, 0.5) is 4.39 Å². The lowest BCUT2D eigenvalue weighted by atomic mass is 10.2. The Kier molecular flexibility index (Phi) is 5.34. The maximum atomic E-state index is 12.8. The van der Waals surface area contributed by atoms with Crippen LogP contribution in [0, 0.1) is 5.82 Å². The molecule has 0 saturated carbocycles. The van der Waals surface area contributed by atoms with Crippen molar-refractivity contribution < 1.29 is 19.4 Å². The highest BCUT2D eigenvalue weighted by atomic mass is 35.5. The lowest BCUT2D eigenvalue weighted by Gasteiger charge is -2.21. The van der Waals surface area contributed by atoms with E-state index in [1.54, 1.807) is 0 Å². The SMILES string of the molecule is O=C(c1ccc(F)cc1Cl)N(CCO)CCO. The van der Waals surface area contributed by atoms with Gasteiger partial charge in [0, 0.05) is 13.1 Å². The summed E-state index contributed by atoms with van der Waals surface area (Å²) in [5.74, 6) is -0.972. The molecular weight excluding hydrogens is 249 g/mol. The van der Waals surface area contributed by atoms with Gasteiger partial charge in [0.2, 0.25) is 0 Å². The zero-order valence-electron chi connectivity index (χ0n) is 9.07. The largest absolute Gasteiger partial charge is 0.395 e. The standard InChI is InChI=1S/C11H13ClFNO3/c12-10-7-8(13)1-2-9(10)11(17)14(3-5-15)4-6-16/h1-2,7,15-16H,3-6H2. The van der Waals surface area contributed by atoms with Crippen molar-refractivity contribution in [3.63, 3.8) is 0 Å². The average Bonchev–Trinajstić information content (AvgIpc) is 2.28. The predicted molar refractivity (Wildman–Crippen MR) is 61.5 cm³/mol. The third-order valence-electron chi connectivity index (χ3n) is 2.19. The number of rotatable bonds is 5. The first kappa shape index (κ1) is 13.9. The molecule has 0 bridgehead atoms. The van der Waals surface area contributed by atoms with E-state index in [0.717, 1.165) is 12.1 Å². The summed E-state index contributed by atoms with van der Waals surface area (Å²) < 4.78 is 12.8. The van der Waals surface area contributed by atoms with Crippen LogP contribution in [0.5, 0.6) is 0 Å². The van der Waals surface area contributed by atoms with Gasteiger partial charge >= 0.3 is 0 Å². The molecule has 17 heavy (non-hydrogen) atoms. The van der Waals surface area contributed by atoms with Crippen molar-refractivity contribution >= 4 is 17.5 Å². The summed E-state index contributed by atoms with van der Waals surface area (Å²) in [6.07, 6.45) is 0. The Hall–Kier alpha value is -1.17. The molecule has 1 rings (SSSR count). The molecule has 0 unspecified atom stereocenters. The van der Waals surface area contributed by atoms with Crippen molar-refractivity contribution in [2.24, 2.45) is 0 Å². The van der Waals surface area contributed by atoms with Gasteiger partial charge in [-0.3, -0.25) is 4.79 Å². The van der Waals surface area contributed by atoms with Crippen molar-refractivity contribution in [1.29, 1.82) is 0 Å². The van der Waals surface area contributed by atoms with Crippen LogP contribution >= 0.6 is 11.6 Å². The molecule has 0 heterocycles. The fourth-order valence-corrected chi connectivity index (χ4v) is 1.64. The molecule has 0 aliphatic heterocycles. The number of aliphatic hydroxyl groups is 2. The number of carbonyl (C=O) groups is 1. The average molecular weight is 262 g/mol. The number of benzene rings is 1. The number of hydrogen-bond donors (Lipinski definition) is 2. The summed E-state index contributed by atoms with van der Waals surface area (Å²) in [5.41, 5.74) is 0.148. The van der Waals surface area contributed by atoms with Crippen LogP contribution in [0.2, 0.25) is 5.02 Å². The molecule has 6 heteroatoms. The molecule has 1 amide bonds. The maximum absolute atomic E-state index is 12.8. The Morgan fingerprint density at radius 3 is 2.35 bits per heavy atom. The van der Waals surface area contributed by atoms with Crippen LogP contribution in [0.15, 0.2) is 18.2 Å². The van der Waals surface area contributed by atoms with E-state index in [4.69, 9.17) is 21.8 Å². The topological polar surface area (TPSA) is 60.8 Å². The van der Waals surface area contributed by atoms with Crippen molar-refractivity contribution in [3.8, 4) is 0 Å². The second-order valence-electron chi connectivity index (χ2n) is 3.36. The van der Waals surface area contributed by atoms with Gasteiger partial charge < -0.3 is 15.1 Å². The molecule has 1 aromatic carbocycles. The number of halogens is 2. The maximum Gasteiger partial charge on any atom is 0.255 e.